The number of methoxy groups -OCH3 is 1. The highest BCUT2D eigenvalue weighted by Crippen LogP contribution is 2.39. The molecule has 0 saturated carbocycles. The second-order valence-electron chi connectivity index (χ2n) is 5.08. The van der Waals surface area contributed by atoms with Crippen LogP contribution in [0.25, 0.3) is 0 Å². The molecule has 98 valence electrons. The molecule has 2 atom stereocenters. The largest absolute Gasteiger partial charge is 0.496 e. The van der Waals surface area contributed by atoms with E-state index in [1.807, 2.05) is 6.08 Å². The molecule has 0 spiro atoms. The molecule has 0 amide bonds. The van der Waals surface area contributed by atoms with Gasteiger partial charge in [-0.3, -0.25) is 0 Å². The van der Waals surface area contributed by atoms with Crippen molar-refractivity contribution in [2.24, 2.45) is 0 Å². The van der Waals surface area contributed by atoms with E-state index in [1.54, 1.807) is 14.0 Å². The van der Waals surface area contributed by atoms with Crippen molar-refractivity contribution in [1.82, 2.24) is 0 Å². The normalized spacial score (nSPS) is 20.1. The van der Waals surface area contributed by atoms with Crippen molar-refractivity contribution in [2.45, 2.75) is 44.6 Å². The highest BCUT2D eigenvalue weighted by Gasteiger charge is 2.22. The van der Waals surface area contributed by atoms with Gasteiger partial charge in [-0.25, -0.2) is 0 Å². The van der Waals surface area contributed by atoms with E-state index in [0.29, 0.717) is 5.92 Å². The van der Waals surface area contributed by atoms with Crippen LogP contribution < -0.4 is 4.74 Å². The van der Waals surface area contributed by atoms with E-state index in [9.17, 15) is 5.11 Å². The van der Waals surface area contributed by atoms with E-state index in [4.69, 9.17) is 4.74 Å². The maximum absolute atomic E-state index is 9.81. The molecule has 1 aliphatic rings. The molecule has 2 rings (SSSR count). The molecule has 0 unspecified atom stereocenters. The van der Waals surface area contributed by atoms with Gasteiger partial charge in [-0.15, -0.1) is 6.58 Å². The van der Waals surface area contributed by atoms with Crippen LogP contribution in [0.5, 0.6) is 5.75 Å². The van der Waals surface area contributed by atoms with Crippen LogP contribution in [-0.2, 0) is 6.42 Å². The summed E-state index contributed by atoms with van der Waals surface area (Å²) >= 11 is 0. The molecular formula is C16H22O2. The Labute approximate surface area is 109 Å². The van der Waals surface area contributed by atoms with Gasteiger partial charge in [0, 0.05) is 5.56 Å². The standard InChI is InChI=1S/C16H22O2/c1-4-6-12-7-5-8-13-9-14(11(2)17)16(18-3)10-15(12)13/h4,9-12,17H,1,5-8H2,2-3H3/t11-,12-/m1/s1. The molecule has 2 heteroatoms. The predicted octanol–water partition coefficient (Wildman–Crippen LogP) is 3.74. The van der Waals surface area contributed by atoms with Crippen molar-refractivity contribution in [3.05, 3.63) is 41.5 Å². The molecule has 1 aliphatic carbocycles. The number of benzene rings is 1. The lowest BCUT2D eigenvalue weighted by Crippen LogP contribution is -2.11. The van der Waals surface area contributed by atoms with Crippen molar-refractivity contribution in [3.8, 4) is 5.75 Å². The number of aliphatic hydroxyl groups excluding tert-OH is 1. The summed E-state index contributed by atoms with van der Waals surface area (Å²) in [5.74, 6) is 1.36. The molecule has 0 aliphatic heterocycles. The molecule has 1 N–H and O–H groups in total. The Bertz CT molecular complexity index is 435. The quantitative estimate of drug-likeness (QED) is 0.820. The first kappa shape index (κ1) is 13.2. The molecule has 18 heavy (non-hydrogen) atoms. The Morgan fingerprint density at radius 2 is 2.33 bits per heavy atom. The molecular weight excluding hydrogens is 224 g/mol. The first-order valence-corrected chi connectivity index (χ1v) is 6.67. The molecule has 0 fully saturated rings. The van der Waals surface area contributed by atoms with E-state index in [1.165, 1.54) is 24.0 Å². The monoisotopic (exact) mass is 246 g/mol. The first-order chi connectivity index (χ1) is 8.67. The maximum atomic E-state index is 9.81. The summed E-state index contributed by atoms with van der Waals surface area (Å²) in [7, 11) is 1.67. The number of aryl methyl sites for hydroxylation is 1. The van der Waals surface area contributed by atoms with Crippen LogP contribution in [0.2, 0.25) is 0 Å². The average Bonchev–Trinajstić information content (AvgIpc) is 2.38. The van der Waals surface area contributed by atoms with Gasteiger partial charge in [0.2, 0.25) is 0 Å². The number of rotatable bonds is 4. The van der Waals surface area contributed by atoms with Crippen molar-refractivity contribution in [1.29, 1.82) is 0 Å². The number of allylic oxidation sites excluding steroid dienone is 1. The van der Waals surface area contributed by atoms with Crippen LogP contribution in [0.1, 0.15) is 54.9 Å². The van der Waals surface area contributed by atoms with Crippen molar-refractivity contribution in [3.63, 3.8) is 0 Å². The van der Waals surface area contributed by atoms with Crippen LogP contribution in [0.15, 0.2) is 24.8 Å². The molecule has 0 aromatic heterocycles. The fourth-order valence-electron chi connectivity index (χ4n) is 2.90. The number of aliphatic hydroxyl groups is 1. The van der Waals surface area contributed by atoms with E-state index < -0.39 is 6.10 Å². The highest BCUT2D eigenvalue weighted by atomic mass is 16.5. The minimum Gasteiger partial charge on any atom is -0.496 e. The Balaban J connectivity index is 2.46. The van der Waals surface area contributed by atoms with Gasteiger partial charge in [0.25, 0.3) is 0 Å². The third-order valence-electron chi connectivity index (χ3n) is 3.83. The van der Waals surface area contributed by atoms with Gasteiger partial charge >= 0.3 is 0 Å². The number of fused-ring (bicyclic) bond motifs is 1. The molecule has 0 saturated heterocycles. The third-order valence-corrected chi connectivity index (χ3v) is 3.83. The van der Waals surface area contributed by atoms with E-state index in [-0.39, 0.29) is 0 Å². The summed E-state index contributed by atoms with van der Waals surface area (Å²) in [4.78, 5) is 0. The first-order valence-electron chi connectivity index (χ1n) is 6.67. The van der Waals surface area contributed by atoms with Gasteiger partial charge in [-0.1, -0.05) is 6.08 Å². The Morgan fingerprint density at radius 3 is 2.94 bits per heavy atom. The van der Waals surface area contributed by atoms with Gasteiger partial charge in [-0.2, -0.15) is 0 Å². The number of ether oxygens (including phenoxy) is 1. The van der Waals surface area contributed by atoms with Crippen LogP contribution in [0.4, 0.5) is 0 Å². The second kappa shape index (κ2) is 5.57. The summed E-state index contributed by atoms with van der Waals surface area (Å²) in [6.45, 7) is 5.63. The van der Waals surface area contributed by atoms with E-state index in [0.717, 1.165) is 24.2 Å². The molecule has 0 heterocycles. The highest BCUT2D eigenvalue weighted by molar-refractivity contribution is 5.46. The fourth-order valence-corrected chi connectivity index (χ4v) is 2.90. The van der Waals surface area contributed by atoms with Crippen LogP contribution in [0.3, 0.4) is 0 Å². The second-order valence-corrected chi connectivity index (χ2v) is 5.08. The fraction of sp³-hybridized carbons (Fsp3) is 0.500. The summed E-state index contributed by atoms with van der Waals surface area (Å²) < 4.78 is 5.41. The van der Waals surface area contributed by atoms with Crippen LogP contribution >= 0.6 is 0 Å². The smallest absolute Gasteiger partial charge is 0.124 e. The van der Waals surface area contributed by atoms with E-state index in [2.05, 4.69) is 18.7 Å². The van der Waals surface area contributed by atoms with Crippen LogP contribution in [0, 0.1) is 0 Å². The van der Waals surface area contributed by atoms with E-state index >= 15 is 0 Å². The summed E-state index contributed by atoms with van der Waals surface area (Å²) in [5.41, 5.74) is 3.64. The maximum Gasteiger partial charge on any atom is 0.124 e. The Kier molecular flexibility index (Phi) is 4.07. The Morgan fingerprint density at radius 1 is 1.56 bits per heavy atom. The molecule has 2 nitrogen and oxygen atoms in total. The lowest BCUT2D eigenvalue weighted by molar-refractivity contribution is 0.194. The van der Waals surface area contributed by atoms with Crippen molar-refractivity contribution >= 4 is 0 Å². The third kappa shape index (κ3) is 2.44. The van der Waals surface area contributed by atoms with Gasteiger partial charge in [-0.05, 0) is 61.8 Å². The lowest BCUT2D eigenvalue weighted by atomic mass is 9.80. The SMILES string of the molecule is C=CC[C@@H]1CCCc2cc([C@@H](C)O)c(OC)cc21. The minimum absolute atomic E-state index is 0.481. The summed E-state index contributed by atoms with van der Waals surface area (Å²) in [6.07, 6.45) is 6.07. The zero-order valence-electron chi connectivity index (χ0n) is 11.3. The Hall–Kier alpha value is -1.28. The van der Waals surface area contributed by atoms with Crippen molar-refractivity contribution < 1.29 is 9.84 Å². The van der Waals surface area contributed by atoms with Gasteiger partial charge < -0.3 is 9.84 Å². The van der Waals surface area contributed by atoms with Crippen molar-refractivity contribution in [2.75, 3.05) is 7.11 Å². The predicted molar refractivity (Wildman–Crippen MR) is 74.1 cm³/mol. The zero-order chi connectivity index (χ0) is 13.1. The lowest BCUT2D eigenvalue weighted by Gasteiger charge is -2.27. The van der Waals surface area contributed by atoms with Gasteiger partial charge in [0.05, 0.1) is 13.2 Å². The molecule has 0 radical (unpaired) electrons. The average molecular weight is 246 g/mol. The topological polar surface area (TPSA) is 29.5 Å². The van der Waals surface area contributed by atoms with Gasteiger partial charge in [0.15, 0.2) is 0 Å². The van der Waals surface area contributed by atoms with Gasteiger partial charge in [0.1, 0.15) is 5.75 Å². The minimum atomic E-state index is -0.481. The number of hydrogen-bond donors (Lipinski definition) is 1. The zero-order valence-corrected chi connectivity index (χ0v) is 11.3. The summed E-state index contributed by atoms with van der Waals surface area (Å²) in [6, 6.07) is 4.23. The molecule has 1 aromatic carbocycles. The molecule has 1 aromatic rings. The van der Waals surface area contributed by atoms with Crippen LogP contribution in [-0.4, -0.2) is 12.2 Å². The molecule has 0 bridgehead atoms. The summed E-state index contributed by atoms with van der Waals surface area (Å²) in [5, 5.41) is 9.81. The number of hydrogen-bond acceptors (Lipinski definition) is 2.